The van der Waals surface area contributed by atoms with Crippen molar-refractivity contribution in [3.8, 4) is 0 Å². The van der Waals surface area contributed by atoms with E-state index >= 15 is 0 Å². The number of allylic oxidation sites excluding steroid dienone is 11. The van der Waals surface area contributed by atoms with Crippen molar-refractivity contribution >= 4 is 13.7 Å². The van der Waals surface area contributed by atoms with Crippen LogP contribution in [0.15, 0.2) is 72.9 Å². The highest BCUT2D eigenvalue weighted by molar-refractivity contribution is 7.45. The lowest BCUT2D eigenvalue weighted by atomic mass is 10.0. The van der Waals surface area contributed by atoms with Gasteiger partial charge in [0.1, 0.15) is 13.2 Å². The minimum Gasteiger partial charge on any atom is -0.756 e. The molecular formula is C57H105N2O6P. The minimum absolute atomic E-state index is 0.00733. The predicted molar refractivity (Wildman–Crippen MR) is 284 cm³/mol. The van der Waals surface area contributed by atoms with Crippen LogP contribution in [0, 0.1) is 0 Å². The number of amides is 1. The van der Waals surface area contributed by atoms with Crippen molar-refractivity contribution in [3.05, 3.63) is 72.9 Å². The number of nitrogens with one attached hydrogen (secondary N) is 1. The van der Waals surface area contributed by atoms with Gasteiger partial charge in [0, 0.05) is 6.42 Å². The lowest BCUT2D eigenvalue weighted by molar-refractivity contribution is -0.870. The number of aliphatic hydroxyl groups is 1. The average molecular weight is 945 g/mol. The normalized spacial score (nSPS) is 14.6. The van der Waals surface area contributed by atoms with Gasteiger partial charge in [-0.3, -0.25) is 9.36 Å². The fraction of sp³-hybridized carbons (Fsp3) is 0.772. The number of hydrogen-bond donors (Lipinski definition) is 2. The highest BCUT2D eigenvalue weighted by Crippen LogP contribution is 2.38. The topological polar surface area (TPSA) is 108 Å². The molecule has 384 valence electrons. The number of nitrogens with zero attached hydrogens (tertiary/aromatic N) is 1. The number of phosphoric ester groups is 1. The molecule has 0 aliphatic rings. The molecule has 0 bridgehead atoms. The Kier molecular flexibility index (Phi) is 46.5. The van der Waals surface area contributed by atoms with Gasteiger partial charge in [-0.1, -0.05) is 228 Å². The Labute approximate surface area is 408 Å². The summed E-state index contributed by atoms with van der Waals surface area (Å²) < 4.78 is 23.2. The second kappa shape index (κ2) is 48.0. The molecule has 0 aliphatic heterocycles. The standard InChI is InChI=1S/C57H105N2O6P/c1-6-8-10-12-14-16-17-18-19-20-21-22-23-24-25-26-27-28-29-30-31-32-33-34-35-36-37-38-39-40-41-43-45-47-49-51-57(61)58-55(54-65-66(62,63)64-53-52-59(3,4)5)56(60)50-48-46-44-42-15-13-11-9-7-2/h8,10,14-16,18-19,21-22,42,48,50,55-56,60H,6-7,9,11-13,17,20,23-41,43-47,49,51-54H2,1-5H3,(H-,58,61,62,63)/b10-8-,16-14-,19-18-,22-21-,42-15+,50-48+. The van der Waals surface area contributed by atoms with E-state index in [1.807, 2.05) is 27.2 Å². The van der Waals surface area contributed by atoms with Gasteiger partial charge in [0.2, 0.25) is 5.91 Å². The van der Waals surface area contributed by atoms with E-state index in [9.17, 15) is 19.4 Å². The maximum atomic E-state index is 12.9. The van der Waals surface area contributed by atoms with Crippen molar-refractivity contribution in [1.82, 2.24) is 5.32 Å². The number of likely N-dealkylation sites (N-methyl/N-ethyl adjacent to an activating group) is 1. The quantitative estimate of drug-likeness (QED) is 0.0272. The van der Waals surface area contributed by atoms with Crippen molar-refractivity contribution in [2.75, 3.05) is 40.9 Å². The molecule has 3 atom stereocenters. The van der Waals surface area contributed by atoms with Gasteiger partial charge in [-0.05, 0) is 70.6 Å². The first-order valence-corrected chi connectivity index (χ1v) is 28.8. The van der Waals surface area contributed by atoms with Crippen LogP contribution in [0.3, 0.4) is 0 Å². The van der Waals surface area contributed by atoms with Crippen LogP contribution >= 0.6 is 7.82 Å². The molecule has 0 fully saturated rings. The van der Waals surface area contributed by atoms with Crippen molar-refractivity contribution in [2.45, 2.75) is 244 Å². The molecule has 2 N–H and O–H groups in total. The number of unbranched alkanes of at least 4 members (excludes halogenated alkanes) is 26. The first kappa shape index (κ1) is 63.9. The Morgan fingerprint density at radius 2 is 0.939 bits per heavy atom. The second-order valence-corrected chi connectivity index (χ2v) is 21.0. The largest absolute Gasteiger partial charge is 0.756 e. The number of aliphatic hydroxyl groups excluding tert-OH is 1. The molecule has 1 amide bonds. The number of carbonyl (C=O) groups is 1. The number of rotatable bonds is 49. The predicted octanol–water partition coefficient (Wildman–Crippen LogP) is 15.7. The molecular weight excluding hydrogens is 840 g/mol. The Morgan fingerprint density at radius 3 is 1.41 bits per heavy atom. The van der Waals surface area contributed by atoms with Gasteiger partial charge >= 0.3 is 0 Å². The molecule has 0 aromatic carbocycles. The highest BCUT2D eigenvalue weighted by Gasteiger charge is 2.23. The molecule has 0 saturated heterocycles. The Morgan fingerprint density at radius 1 is 0.545 bits per heavy atom. The SMILES string of the molecule is CC/C=C\C/C=C\C/C=C\C/C=C\CCCCCCCCCCCCCCCCCCCCCCCCC(=O)NC(COP(=O)([O-])OCC[N+](C)(C)C)C(O)/C=C/CC/C=C/CCCCC. The van der Waals surface area contributed by atoms with Crippen LogP contribution in [0.2, 0.25) is 0 Å². The van der Waals surface area contributed by atoms with Crippen molar-refractivity contribution < 1.29 is 32.9 Å². The van der Waals surface area contributed by atoms with Crippen molar-refractivity contribution in [3.63, 3.8) is 0 Å². The smallest absolute Gasteiger partial charge is 0.268 e. The van der Waals surface area contributed by atoms with Crippen molar-refractivity contribution in [2.24, 2.45) is 0 Å². The van der Waals surface area contributed by atoms with Gasteiger partial charge in [-0.2, -0.15) is 0 Å². The molecule has 3 unspecified atom stereocenters. The van der Waals surface area contributed by atoms with Crippen LogP contribution in [0.4, 0.5) is 0 Å². The highest BCUT2D eigenvalue weighted by atomic mass is 31.2. The minimum atomic E-state index is -4.59. The van der Waals surface area contributed by atoms with Gasteiger partial charge in [-0.15, -0.1) is 0 Å². The second-order valence-electron chi connectivity index (χ2n) is 19.5. The van der Waals surface area contributed by atoms with Crippen LogP contribution in [0.1, 0.15) is 232 Å². The number of phosphoric acid groups is 1. The first-order chi connectivity index (χ1) is 32.0. The third kappa shape index (κ3) is 49.8. The van der Waals surface area contributed by atoms with E-state index in [1.165, 1.54) is 148 Å². The van der Waals surface area contributed by atoms with E-state index in [4.69, 9.17) is 9.05 Å². The summed E-state index contributed by atoms with van der Waals surface area (Å²) in [7, 11) is 1.24. The maximum absolute atomic E-state index is 12.9. The summed E-state index contributed by atoms with van der Waals surface area (Å²) in [4.78, 5) is 25.3. The monoisotopic (exact) mass is 945 g/mol. The van der Waals surface area contributed by atoms with Gasteiger partial charge in [0.05, 0.1) is 39.9 Å². The van der Waals surface area contributed by atoms with E-state index in [0.29, 0.717) is 17.4 Å². The molecule has 9 heteroatoms. The van der Waals surface area contributed by atoms with E-state index in [0.717, 1.165) is 64.2 Å². The first-order valence-electron chi connectivity index (χ1n) is 27.3. The maximum Gasteiger partial charge on any atom is 0.268 e. The summed E-state index contributed by atoms with van der Waals surface area (Å²) in [6, 6.07) is -0.901. The van der Waals surface area contributed by atoms with Gasteiger partial charge < -0.3 is 28.8 Å². The summed E-state index contributed by atoms with van der Waals surface area (Å²) >= 11 is 0. The van der Waals surface area contributed by atoms with Crippen LogP contribution < -0.4 is 10.2 Å². The number of quaternary nitrogens is 1. The molecule has 0 rings (SSSR count). The molecule has 0 radical (unpaired) electrons. The molecule has 0 aliphatic carbocycles. The third-order valence-corrected chi connectivity index (χ3v) is 12.9. The lowest BCUT2D eigenvalue weighted by Crippen LogP contribution is -2.45. The number of carbonyl (C=O) groups excluding carboxylic acids is 1. The van der Waals surface area contributed by atoms with Crippen molar-refractivity contribution in [1.29, 1.82) is 0 Å². The summed E-state index contributed by atoms with van der Waals surface area (Å²) in [6.45, 7) is 4.46. The Hall–Kier alpha value is -2.06. The average Bonchev–Trinajstić information content (AvgIpc) is 3.28. The fourth-order valence-corrected chi connectivity index (χ4v) is 8.35. The molecule has 0 heterocycles. The van der Waals surface area contributed by atoms with Crippen LogP contribution in [-0.2, 0) is 18.4 Å². The zero-order chi connectivity index (χ0) is 48.5. The Balaban J connectivity index is 3.90. The van der Waals surface area contributed by atoms with E-state index in [1.54, 1.807) is 6.08 Å². The van der Waals surface area contributed by atoms with Gasteiger partial charge in [0.25, 0.3) is 7.82 Å². The summed E-state index contributed by atoms with van der Waals surface area (Å²) in [5, 5.41) is 13.7. The fourth-order valence-electron chi connectivity index (χ4n) is 7.63. The molecule has 0 spiro atoms. The molecule has 0 saturated carbocycles. The van der Waals surface area contributed by atoms with Crippen LogP contribution in [0.5, 0.6) is 0 Å². The number of hydrogen-bond acceptors (Lipinski definition) is 6. The molecule has 8 nitrogen and oxygen atoms in total. The van der Waals surface area contributed by atoms with E-state index in [2.05, 4.69) is 79.9 Å². The lowest BCUT2D eigenvalue weighted by Gasteiger charge is -2.29. The summed E-state index contributed by atoms with van der Waals surface area (Å²) in [6.07, 6.45) is 65.8. The van der Waals surface area contributed by atoms with Crippen LogP contribution in [-0.4, -0.2) is 68.5 Å². The summed E-state index contributed by atoms with van der Waals surface area (Å²) in [5.74, 6) is -0.209. The van der Waals surface area contributed by atoms with E-state index in [-0.39, 0.29) is 12.5 Å². The third-order valence-electron chi connectivity index (χ3n) is 11.9. The zero-order valence-electron chi connectivity index (χ0n) is 43.6. The summed E-state index contributed by atoms with van der Waals surface area (Å²) in [5.41, 5.74) is 0. The molecule has 66 heavy (non-hydrogen) atoms. The molecule has 0 aromatic heterocycles. The van der Waals surface area contributed by atoms with E-state index < -0.39 is 26.6 Å². The van der Waals surface area contributed by atoms with Gasteiger partial charge in [0.15, 0.2) is 0 Å². The van der Waals surface area contributed by atoms with Crippen LogP contribution in [0.25, 0.3) is 0 Å². The Bertz CT molecular complexity index is 1300. The zero-order valence-corrected chi connectivity index (χ0v) is 44.5. The molecule has 0 aromatic rings. The van der Waals surface area contributed by atoms with Gasteiger partial charge in [-0.25, -0.2) is 0 Å².